The zero-order valence-electron chi connectivity index (χ0n) is 9.85. The van der Waals surface area contributed by atoms with Crippen LogP contribution in [0.5, 0.6) is 0 Å². The van der Waals surface area contributed by atoms with Crippen molar-refractivity contribution < 1.29 is 13.2 Å². The van der Waals surface area contributed by atoms with E-state index in [-0.39, 0.29) is 5.56 Å². The van der Waals surface area contributed by atoms with Gasteiger partial charge in [0.1, 0.15) is 5.82 Å². The van der Waals surface area contributed by atoms with Gasteiger partial charge >= 0.3 is 0 Å². The molecule has 0 spiro atoms. The fourth-order valence-corrected chi connectivity index (χ4v) is 2.41. The summed E-state index contributed by atoms with van der Waals surface area (Å²) >= 11 is 12.0. The Morgan fingerprint density at radius 1 is 0.895 bits per heavy atom. The second kappa shape index (κ2) is 5.43. The van der Waals surface area contributed by atoms with Crippen LogP contribution in [-0.4, -0.2) is 0 Å². The fourth-order valence-electron chi connectivity index (χ4n) is 1.82. The maximum atomic E-state index is 13.6. The Labute approximate surface area is 118 Å². The summed E-state index contributed by atoms with van der Waals surface area (Å²) in [7, 11) is 0. The third-order valence-corrected chi connectivity index (χ3v) is 3.38. The summed E-state index contributed by atoms with van der Waals surface area (Å²) in [5.41, 5.74) is 1.25. The zero-order chi connectivity index (χ0) is 14.2. The number of aryl methyl sites for hydroxylation is 1. The molecule has 0 aromatic heterocycles. The smallest absolute Gasteiger partial charge is 0.161 e. The molecule has 0 fully saturated rings. The number of benzene rings is 2. The molecule has 0 N–H and O–H groups in total. The normalized spacial score (nSPS) is 12.5. The van der Waals surface area contributed by atoms with Crippen LogP contribution in [0.25, 0.3) is 0 Å². The van der Waals surface area contributed by atoms with Crippen LogP contribution in [0, 0.1) is 24.4 Å². The monoisotopic (exact) mass is 304 g/mol. The van der Waals surface area contributed by atoms with Gasteiger partial charge in [-0.2, -0.15) is 0 Å². The van der Waals surface area contributed by atoms with E-state index in [4.69, 9.17) is 23.2 Å². The highest BCUT2D eigenvalue weighted by Gasteiger charge is 2.19. The van der Waals surface area contributed by atoms with Crippen molar-refractivity contribution in [2.75, 3.05) is 0 Å². The molecule has 2 aromatic rings. The molecule has 2 aromatic carbocycles. The van der Waals surface area contributed by atoms with Crippen LogP contribution in [0.15, 0.2) is 30.3 Å². The Balaban J connectivity index is 2.49. The fraction of sp³-hybridized carbons (Fsp3) is 0.143. The van der Waals surface area contributed by atoms with Gasteiger partial charge in [0, 0.05) is 16.7 Å². The molecule has 2 rings (SSSR count). The number of hydrogen-bond acceptors (Lipinski definition) is 0. The molecule has 0 amide bonds. The highest BCUT2D eigenvalue weighted by Crippen LogP contribution is 2.33. The van der Waals surface area contributed by atoms with Crippen LogP contribution in [0.2, 0.25) is 5.02 Å². The number of alkyl halides is 1. The van der Waals surface area contributed by atoms with Gasteiger partial charge < -0.3 is 0 Å². The largest absolute Gasteiger partial charge is 0.207 e. The molecule has 1 unspecified atom stereocenters. The molecule has 100 valence electrons. The Morgan fingerprint density at radius 2 is 1.53 bits per heavy atom. The van der Waals surface area contributed by atoms with Gasteiger partial charge in [0.05, 0.1) is 5.38 Å². The van der Waals surface area contributed by atoms with Crippen LogP contribution in [0.3, 0.4) is 0 Å². The van der Waals surface area contributed by atoms with E-state index in [2.05, 4.69) is 0 Å². The van der Waals surface area contributed by atoms with Crippen molar-refractivity contribution in [1.29, 1.82) is 0 Å². The molecule has 0 radical (unpaired) electrons. The maximum Gasteiger partial charge on any atom is 0.161 e. The molecule has 0 saturated carbocycles. The Bertz CT molecular complexity index is 606. The lowest BCUT2D eigenvalue weighted by Crippen LogP contribution is -2.00. The highest BCUT2D eigenvalue weighted by atomic mass is 35.5. The van der Waals surface area contributed by atoms with Crippen LogP contribution in [0.4, 0.5) is 13.2 Å². The molecule has 0 aliphatic carbocycles. The Hall–Kier alpha value is -1.19. The predicted molar refractivity (Wildman–Crippen MR) is 70.2 cm³/mol. The van der Waals surface area contributed by atoms with Crippen LogP contribution < -0.4 is 0 Å². The number of halogens is 5. The van der Waals surface area contributed by atoms with Gasteiger partial charge in [0.15, 0.2) is 11.6 Å². The second-order valence-corrected chi connectivity index (χ2v) is 5.09. The lowest BCUT2D eigenvalue weighted by atomic mass is 10.0. The third-order valence-electron chi connectivity index (χ3n) is 2.67. The minimum absolute atomic E-state index is 0.123. The Morgan fingerprint density at radius 3 is 2.16 bits per heavy atom. The highest BCUT2D eigenvalue weighted by molar-refractivity contribution is 6.31. The van der Waals surface area contributed by atoms with E-state index in [1.54, 1.807) is 25.1 Å². The van der Waals surface area contributed by atoms with Gasteiger partial charge in [0.2, 0.25) is 0 Å². The topological polar surface area (TPSA) is 0 Å². The van der Waals surface area contributed by atoms with Crippen LogP contribution in [0.1, 0.15) is 22.1 Å². The SMILES string of the molecule is Cc1cc(Cl)cc(C(Cl)c2cc(F)c(F)cc2F)c1. The lowest BCUT2D eigenvalue weighted by molar-refractivity contribution is 0.490. The van der Waals surface area contributed by atoms with Crippen LogP contribution in [-0.2, 0) is 0 Å². The van der Waals surface area contributed by atoms with Crippen molar-refractivity contribution in [3.05, 3.63) is 69.5 Å². The maximum absolute atomic E-state index is 13.6. The predicted octanol–water partition coefficient (Wildman–Crippen LogP) is 5.39. The summed E-state index contributed by atoms with van der Waals surface area (Å²) in [6.07, 6.45) is 0. The van der Waals surface area contributed by atoms with Crippen LogP contribution >= 0.6 is 23.2 Å². The van der Waals surface area contributed by atoms with Gasteiger partial charge in [-0.05, 0) is 36.2 Å². The molecule has 0 nitrogen and oxygen atoms in total. The van der Waals surface area contributed by atoms with E-state index in [1.807, 2.05) is 0 Å². The van der Waals surface area contributed by atoms with Gasteiger partial charge in [-0.15, -0.1) is 11.6 Å². The summed E-state index contributed by atoms with van der Waals surface area (Å²) in [4.78, 5) is 0. The van der Waals surface area contributed by atoms with Crippen molar-refractivity contribution in [2.45, 2.75) is 12.3 Å². The van der Waals surface area contributed by atoms with Gasteiger partial charge in [-0.1, -0.05) is 17.7 Å². The Kier molecular flexibility index (Phi) is 4.07. The molecule has 19 heavy (non-hydrogen) atoms. The average molecular weight is 305 g/mol. The van der Waals surface area contributed by atoms with Crippen molar-refractivity contribution >= 4 is 23.2 Å². The second-order valence-electron chi connectivity index (χ2n) is 4.21. The van der Waals surface area contributed by atoms with Gasteiger partial charge in [-0.3, -0.25) is 0 Å². The average Bonchev–Trinajstić information content (AvgIpc) is 2.31. The lowest BCUT2D eigenvalue weighted by Gasteiger charge is -2.13. The summed E-state index contributed by atoms with van der Waals surface area (Å²) in [5.74, 6) is -3.27. The molecule has 1 atom stereocenters. The summed E-state index contributed by atoms with van der Waals surface area (Å²) < 4.78 is 39.7. The first-order chi connectivity index (χ1) is 8.88. The van der Waals surface area contributed by atoms with Crippen molar-refractivity contribution in [1.82, 2.24) is 0 Å². The van der Waals surface area contributed by atoms with Gasteiger partial charge in [-0.25, -0.2) is 13.2 Å². The summed E-state index contributed by atoms with van der Waals surface area (Å²) in [5, 5.41) is -0.490. The van der Waals surface area contributed by atoms with Crippen molar-refractivity contribution in [3.8, 4) is 0 Å². The zero-order valence-corrected chi connectivity index (χ0v) is 11.4. The molecular formula is C14H9Cl2F3. The summed E-state index contributed by atoms with van der Waals surface area (Å²) in [6, 6.07) is 6.24. The molecule has 5 heteroatoms. The van der Waals surface area contributed by atoms with E-state index in [0.717, 1.165) is 11.6 Å². The molecular weight excluding hydrogens is 296 g/mol. The number of rotatable bonds is 2. The van der Waals surface area contributed by atoms with E-state index >= 15 is 0 Å². The van der Waals surface area contributed by atoms with Gasteiger partial charge in [0.25, 0.3) is 0 Å². The minimum atomic E-state index is -1.24. The van der Waals surface area contributed by atoms with Crippen molar-refractivity contribution in [3.63, 3.8) is 0 Å². The first-order valence-electron chi connectivity index (χ1n) is 5.44. The minimum Gasteiger partial charge on any atom is -0.207 e. The number of hydrogen-bond donors (Lipinski definition) is 0. The van der Waals surface area contributed by atoms with E-state index in [9.17, 15) is 13.2 Å². The molecule has 0 saturated heterocycles. The quantitative estimate of drug-likeness (QED) is 0.515. The molecule has 0 aliphatic rings. The molecule has 0 heterocycles. The molecule has 0 bridgehead atoms. The third kappa shape index (κ3) is 3.04. The van der Waals surface area contributed by atoms with E-state index < -0.39 is 22.8 Å². The van der Waals surface area contributed by atoms with E-state index in [0.29, 0.717) is 16.7 Å². The molecule has 0 aliphatic heterocycles. The standard InChI is InChI=1S/C14H9Cl2F3/c1-7-2-8(4-9(15)3-7)14(16)10-5-12(18)13(19)6-11(10)17/h2-6,14H,1H3. The first-order valence-corrected chi connectivity index (χ1v) is 6.25. The van der Waals surface area contributed by atoms with E-state index in [1.165, 1.54) is 0 Å². The first kappa shape index (κ1) is 14.2. The van der Waals surface area contributed by atoms with Crippen molar-refractivity contribution in [2.24, 2.45) is 0 Å². The summed E-state index contributed by atoms with van der Waals surface area (Å²) in [6.45, 7) is 1.81.